The van der Waals surface area contributed by atoms with Gasteiger partial charge < -0.3 is 20.9 Å². The molecular formula is C15H22N2O4. The fourth-order valence-electron chi connectivity index (χ4n) is 1.70. The predicted octanol–water partition coefficient (Wildman–Crippen LogP) is 1.35. The second-order valence-electron chi connectivity index (χ2n) is 5.38. The van der Waals surface area contributed by atoms with Crippen LogP contribution in [0.4, 0.5) is 5.69 Å². The quantitative estimate of drug-likeness (QED) is 0.704. The van der Waals surface area contributed by atoms with Gasteiger partial charge in [-0.1, -0.05) is 12.1 Å². The van der Waals surface area contributed by atoms with Crippen LogP contribution in [0.1, 0.15) is 25.8 Å². The van der Waals surface area contributed by atoms with Crippen molar-refractivity contribution in [1.29, 1.82) is 0 Å². The van der Waals surface area contributed by atoms with E-state index >= 15 is 0 Å². The number of ether oxygens (including phenoxy) is 1. The fraction of sp³-hybridized carbons (Fsp3) is 0.467. The van der Waals surface area contributed by atoms with Gasteiger partial charge in [-0.25, -0.2) is 0 Å². The van der Waals surface area contributed by atoms with Gasteiger partial charge in [0.15, 0.2) is 0 Å². The number of amides is 1. The Morgan fingerprint density at radius 3 is 2.38 bits per heavy atom. The molecule has 4 N–H and O–H groups in total. The number of hydrogen-bond acceptors (Lipinski definition) is 4. The van der Waals surface area contributed by atoms with Gasteiger partial charge >= 0.3 is 5.97 Å². The highest BCUT2D eigenvalue weighted by molar-refractivity contribution is 5.94. The summed E-state index contributed by atoms with van der Waals surface area (Å²) in [4.78, 5) is 23.0. The molecule has 0 aliphatic rings. The van der Waals surface area contributed by atoms with Crippen LogP contribution in [0.3, 0.4) is 0 Å². The van der Waals surface area contributed by atoms with Crippen molar-refractivity contribution >= 4 is 17.6 Å². The van der Waals surface area contributed by atoms with Crippen LogP contribution in [0.5, 0.6) is 0 Å². The van der Waals surface area contributed by atoms with E-state index in [1.807, 2.05) is 0 Å². The maximum absolute atomic E-state index is 11.8. The summed E-state index contributed by atoms with van der Waals surface area (Å²) in [7, 11) is 1.55. The number of benzene rings is 1. The molecule has 0 aromatic heterocycles. The van der Waals surface area contributed by atoms with Crippen LogP contribution in [0.2, 0.25) is 0 Å². The van der Waals surface area contributed by atoms with Gasteiger partial charge in [0, 0.05) is 19.4 Å². The summed E-state index contributed by atoms with van der Waals surface area (Å²) in [5, 5.41) is 11.9. The zero-order valence-electron chi connectivity index (χ0n) is 12.6. The summed E-state index contributed by atoms with van der Waals surface area (Å²) >= 11 is 0. The maximum atomic E-state index is 11.8. The summed E-state index contributed by atoms with van der Waals surface area (Å²) in [6, 6.07) is 6.07. The SMILES string of the molecule is COCCC(N)C(=O)Nc1ccc(C(C)(C)C(=O)O)cc1. The first-order valence-electron chi connectivity index (χ1n) is 6.68. The summed E-state index contributed by atoms with van der Waals surface area (Å²) in [6.07, 6.45) is 0.437. The minimum Gasteiger partial charge on any atom is -0.481 e. The van der Waals surface area contributed by atoms with Gasteiger partial charge in [0.2, 0.25) is 5.91 Å². The lowest BCUT2D eigenvalue weighted by Crippen LogP contribution is -2.36. The highest BCUT2D eigenvalue weighted by Crippen LogP contribution is 2.24. The molecule has 0 bridgehead atoms. The average molecular weight is 294 g/mol. The van der Waals surface area contributed by atoms with Crippen LogP contribution >= 0.6 is 0 Å². The van der Waals surface area contributed by atoms with Gasteiger partial charge in [0.05, 0.1) is 11.5 Å². The molecule has 1 unspecified atom stereocenters. The number of carbonyl (C=O) groups is 2. The van der Waals surface area contributed by atoms with Crippen LogP contribution < -0.4 is 11.1 Å². The minimum atomic E-state index is -0.975. The normalized spacial score (nSPS) is 12.8. The zero-order chi connectivity index (χ0) is 16.0. The second-order valence-corrected chi connectivity index (χ2v) is 5.38. The average Bonchev–Trinajstić information content (AvgIpc) is 2.45. The van der Waals surface area contributed by atoms with E-state index in [0.717, 1.165) is 0 Å². The molecule has 0 aliphatic carbocycles. The number of aliphatic carboxylic acids is 1. The van der Waals surface area contributed by atoms with E-state index in [9.17, 15) is 9.59 Å². The van der Waals surface area contributed by atoms with Crippen LogP contribution in [0.15, 0.2) is 24.3 Å². The van der Waals surface area contributed by atoms with E-state index in [2.05, 4.69) is 5.32 Å². The van der Waals surface area contributed by atoms with Crippen LogP contribution in [-0.4, -0.2) is 36.7 Å². The van der Waals surface area contributed by atoms with E-state index in [4.69, 9.17) is 15.6 Å². The van der Waals surface area contributed by atoms with Gasteiger partial charge in [0.25, 0.3) is 0 Å². The Morgan fingerprint density at radius 1 is 1.33 bits per heavy atom. The topological polar surface area (TPSA) is 102 Å². The molecule has 0 saturated heterocycles. The Bertz CT molecular complexity index is 497. The zero-order valence-corrected chi connectivity index (χ0v) is 12.6. The maximum Gasteiger partial charge on any atom is 0.313 e. The fourth-order valence-corrected chi connectivity index (χ4v) is 1.70. The molecule has 1 aromatic carbocycles. The number of carboxylic acid groups (broad SMARTS) is 1. The molecular weight excluding hydrogens is 272 g/mol. The van der Waals surface area contributed by atoms with Gasteiger partial charge in [-0.05, 0) is 38.0 Å². The molecule has 0 heterocycles. The molecule has 1 rings (SSSR count). The Morgan fingerprint density at radius 2 is 1.90 bits per heavy atom. The Labute approximate surface area is 124 Å². The Kier molecular flexibility index (Phi) is 5.87. The third-order valence-corrected chi connectivity index (χ3v) is 3.38. The number of hydrogen-bond donors (Lipinski definition) is 3. The second kappa shape index (κ2) is 7.19. The highest BCUT2D eigenvalue weighted by atomic mass is 16.5. The standard InChI is InChI=1S/C15H22N2O4/c1-15(2,14(19)20)10-4-6-11(7-5-10)17-13(18)12(16)8-9-21-3/h4-7,12H,8-9,16H2,1-3H3,(H,17,18)(H,19,20). The van der Waals surface area contributed by atoms with Gasteiger partial charge in [-0.3, -0.25) is 9.59 Å². The lowest BCUT2D eigenvalue weighted by molar-refractivity contribution is -0.142. The largest absolute Gasteiger partial charge is 0.481 e. The van der Waals surface area contributed by atoms with E-state index in [0.29, 0.717) is 24.3 Å². The number of methoxy groups -OCH3 is 1. The van der Waals surface area contributed by atoms with Crippen molar-refractivity contribution in [2.45, 2.75) is 31.7 Å². The number of anilines is 1. The minimum absolute atomic E-state index is 0.294. The molecule has 1 aromatic rings. The number of nitrogens with two attached hydrogens (primary N) is 1. The number of carbonyl (C=O) groups excluding carboxylic acids is 1. The van der Waals surface area contributed by atoms with Crippen molar-refractivity contribution < 1.29 is 19.4 Å². The summed E-state index contributed by atoms with van der Waals surface area (Å²) in [5.74, 6) is -1.20. The number of rotatable bonds is 7. The van der Waals surface area contributed by atoms with E-state index in [1.54, 1.807) is 45.2 Å². The van der Waals surface area contributed by atoms with Crippen molar-refractivity contribution in [3.05, 3.63) is 29.8 Å². The summed E-state index contributed by atoms with van der Waals surface area (Å²) < 4.78 is 4.87. The number of carboxylic acids is 1. The van der Waals surface area contributed by atoms with Gasteiger partial charge in [-0.15, -0.1) is 0 Å². The van der Waals surface area contributed by atoms with Gasteiger partial charge in [0.1, 0.15) is 0 Å². The van der Waals surface area contributed by atoms with Crippen molar-refractivity contribution in [2.24, 2.45) is 5.73 Å². The van der Waals surface area contributed by atoms with Crippen LogP contribution in [0, 0.1) is 0 Å². The molecule has 0 saturated carbocycles. The molecule has 0 aliphatic heterocycles. The first kappa shape index (κ1) is 17.1. The van der Waals surface area contributed by atoms with Crippen LogP contribution in [0.25, 0.3) is 0 Å². The Balaban J connectivity index is 2.71. The molecule has 116 valence electrons. The van der Waals surface area contributed by atoms with E-state index < -0.39 is 17.4 Å². The van der Waals surface area contributed by atoms with Crippen molar-refractivity contribution in [1.82, 2.24) is 0 Å². The summed E-state index contributed by atoms with van der Waals surface area (Å²) in [6.45, 7) is 3.67. The third-order valence-electron chi connectivity index (χ3n) is 3.38. The first-order valence-corrected chi connectivity index (χ1v) is 6.68. The van der Waals surface area contributed by atoms with Gasteiger partial charge in [-0.2, -0.15) is 0 Å². The smallest absolute Gasteiger partial charge is 0.313 e. The third kappa shape index (κ3) is 4.54. The van der Waals surface area contributed by atoms with Crippen molar-refractivity contribution in [3.63, 3.8) is 0 Å². The first-order chi connectivity index (χ1) is 9.78. The van der Waals surface area contributed by atoms with Crippen LogP contribution in [-0.2, 0) is 19.7 Å². The number of nitrogens with one attached hydrogen (secondary N) is 1. The molecule has 0 radical (unpaired) electrons. The monoisotopic (exact) mass is 294 g/mol. The summed E-state index contributed by atoms with van der Waals surface area (Å²) in [5.41, 5.74) is 5.99. The molecule has 21 heavy (non-hydrogen) atoms. The molecule has 6 nitrogen and oxygen atoms in total. The highest BCUT2D eigenvalue weighted by Gasteiger charge is 2.29. The molecule has 0 fully saturated rings. The van der Waals surface area contributed by atoms with Crippen molar-refractivity contribution in [3.8, 4) is 0 Å². The lowest BCUT2D eigenvalue weighted by atomic mass is 9.85. The van der Waals surface area contributed by atoms with E-state index in [-0.39, 0.29) is 5.91 Å². The molecule has 1 atom stereocenters. The lowest BCUT2D eigenvalue weighted by Gasteiger charge is -2.20. The molecule has 1 amide bonds. The predicted molar refractivity (Wildman–Crippen MR) is 80.2 cm³/mol. The van der Waals surface area contributed by atoms with E-state index in [1.165, 1.54) is 0 Å². The van der Waals surface area contributed by atoms with Crippen molar-refractivity contribution in [2.75, 3.05) is 19.0 Å². The molecule has 6 heteroatoms. The Hall–Kier alpha value is -1.92. The molecule has 0 spiro atoms.